The number of hydrogen-bond acceptors (Lipinski definition) is 5. The average Bonchev–Trinajstić information content (AvgIpc) is 3.46. The lowest BCUT2D eigenvalue weighted by atomic mass is 9.96. The molecule has 3 aliphatic rings. The number of urea groups is 1. The molecule has 7 nitrogen and oxygen atoms in total. The Labute approximate surface area is 153 Å². The molecule has 1 saturated heterocycles. The van der Waals surface area contributed by atoms with Crippen LogP contribution in [0.1, 0.15) is 30.9 Å². The molecule has 0 radical (unpaired) electrons. The minimum absolute atomic E-state index is 0.0943. The highest BCUT2D eigenvalue weighted by Gasteiger charge is 2.56. The van der Waals surface area contributed by atoms with Gasteiger partial charge < -0.3 is 14.8 Å². The highest BCUT2D eigenvalue weighted by Crippen LogP contribution is 2.42. The molecule has 0 aromatic heterocycles. The molecular weight excluding hydrogens is 334 g/mol. The van der Waals surface area contributed by atoms with E-state index in [4.69, 9.17) is 9.47 Å². The van der Waals surface area contributed by atoms with Gasteiger partial charge in [-0.1, -0.05) is 0 Å². The van der Waals surface area contributed by atoms with Crippen LogP contribution in [0.5, 0.6) is 11.5 Å². The highest BCUT2D eigenvalue weighted by molar-refractivity contribution is 6.07. The maximum absolute atomic E-state index is 12.8. The lowest BCUT2D eigenvalue weighted by molar-refractivity contribution is -0.133. The molecule has 0 unspecified atom stereocenters. The molecule has 26 heavy (non-hydrogen) atoms. The topological polar surface area (TPSA) is 71.1 Å². The predicted molar refractivity (Wildman–Crippen MR) is 95.0 cm³/mol. The van der Waals surface area contributed by atoms with E-state index < -0.39 is 5.54 Å². The number of methoxy groups -OCH3 is 2. The van der Waals surface area contributed by atoms with E-state index in [1.807, 2.05) is 19.1 Å². The monoisotopic (exact) mass is 359 g/mol. The summed E-state index contributed by atoms with van der Waals surface area (Å²) in [6, 6.07) is 3.73. The summed E-state index contributed by atoms with van der Waals surface area (Å²) in [7, 11) is 3.25. The Hall–Kier alpha value is -2.28. The Bertz CT molecular complexity index is 761. The minimum atomic E-state index is -0.721. The number of amides is 3. The Morgan fingerprint density at radius 1 is 1.15 bits per heavy atom. The van der Waals surface area contributed by atoms with Crippen molar-refractivity contribution in [3.8, 4) is 11.5 Å². The fourth-order valence-corrected chi connectivity index (χ4v) is 4.04. The molecule has 2 aliphatic heterocycles. The molecule has 2 fully saturated rings. The third kappa shape index (κ3) is 2.70. The van der Waals surface area contributed by atoms with Crippen LogP contribution in [0.15, 0.2) is 12.1 Å². The summed E-state index contributed by atoms with van der Waals surface area (Å²) in [6.07, 6.45) is 2.86. The molecular formula is C19H25N3O4. The van der Waals surface area contributed by atoms with E-state index in [1.165, 1.54) is 10.5 Å². The van der Waals surface area contributed by atoms with Crippen molar-refractivity contribution in [3.05, 3.63) is 23.3 Å². The average molecular weight is 359 g/mol. The maximum Gasteiger partial charge on any atom is 0.326 e. The summed E-state index contributed by atoms with van der Waals surface area (Å²) in [5.41, 5.74) is 1.64. The second-order valence-electron chi connectivity index (χ2n) is 7.56. The number of rotatable bonds is 5. The van der Waals surface area contributed by atoms with E-state index in [2.05, 4.69) is 10.2 Å². The zero-order valence-corrected chi connectivity index (χ0v) is 15.5. The van der Waals surface area contributed by atoms with Gasteiger partial charge in [0.05, 0.1) is 20.9 Å². The number of fused-ring (bicyclic) bond motifs is 1. The molecule has 2 heterocycles. The summed E-state index contributed by atoms with van der Waals surface area (Å²) < 4.78 is 10.8. The van der Waals surface area contributed by atoms with E-state index >= 15 is 0 Å². The van der Waals surface area contributed by atoms with Crippen molar-refractivity contribution < 1.29 is 19.1 Å². The number of benzene rings is 1. The van der Waals surface area contributed by atoms with Crippen molar-refractivity contribution in [1.82, 2.24) is 15.1 Å². The fourth-order valence-electron chi connectivity index (χ4n) is 4.04. The van der Waals surface area contributed by atoms with Gasteiger partial charge in [0.15, 0.2) is 11.5 Å². The van der Waals surface area contributed by atoms with Crippen molar-refractivity contribution in [2.24, 2.45) is 5.92 Å². The summed E-state index contributed by atoms with van der Waals surface area (Å²) >= 11 is 0. The second-order valence-corrected chi connectivity index (χ2v) is 7.56. The van der Waals surface area contributed by atoms with Crippen LogP contribution in [0, 0.1) is 5.92 Å². The van der Waals surface area contributed by atoms with Crippen LogP contribution >= 0.6 is 0 Å². The first kappa shape index (κ1) is 17.1. The van der Waals surface area contributed by atoms with Crippen molar-refractivity contribution in [1.29, 1.82) is 0 Å². The number of hydrogen-bond donors (Lipinski definition) is 1. The SMILES string of the molecule is COc1cc2c(cc1OC)CN(CN1C(=O)N[C@](C)(C3CC3)C1=O)CC2. The van der Waals surface area contributed by atoms with Crippen LogP contribution in [-0.2, 0) is 17.8 Å². The molecule has 0 bridgehead atoms. The molecule has 1 saturated carbocycles. The first-order chi connectivity index (χ1) is 12.5. The van der Waals surface area contributed by atoms with Crippen LogP contribution in [-0.4, -0.2) is 54.7 Å². The van der Waals surface area contributed by atoms with Crippen LogP contribution in [0.2, 0.25) is 0 Å². The number of nitrogens with one attached hydrogen (secondary N) is 1. The third-order valence-corrected chi connectivity index (χ3v) is 5.83. The normalized spacial score (nSPS) is 25.9. The van der Waals surface area contributed by atoms with Gasteiger partial charge in [-0.15, -0.1) is 0 Å². The lowest BCUT2D eigenvalue weighted by Crippen LogP contribution is -2.47. The van der Waals surface area contributed by atoms with Crippen LogP contribution in [0.4, 0.5) is 4.79 Å². The van der Waals surface area contributed by atoms with E-state index in [0.29, 0.717) is 19.0 Å². The number of nitrogens with zero attached hydrogens (tertiary/aromatic N) is 2. The van der Waals surface area contributed by atoms with Crippen LogP contribution in [0.3, 0.4) is 0 Å². The first-order valence-electron chi connectivity index (χ1n) is 9.06. The fraction of sp³-hybridized carbons (Fsp3) is 0.579. The molecule has 0 spiro atoms. The Morgan fingerprint density at radius 3 is 2.42 bits per heavy atom. The molecule has 7 heteroatoms. The van der Waals surface area contributed by atoms with E-state index in [9.17, 15) is 9.59 Å². The summed E-state index contributed by atoms with van der Waals surface area (Å²) in [6.45, 7) is 3.64. The van der Waals surface area contributed by atoms with E-state index in [0.717, 1.165) is 37.1 Å². The molecule has 1 aromatic rings. The smallest absolute Gasteiger partial charge is 0.326 e. The van der Waals surface area contributed by atoms with Crippen LogP contribution < -0.4 is 14.8 Å². The summed E-state index contributed by atoms with van der Waals surface area (Å²) in [5.74, 6) is 1.62. The largest absolute Gasteiger partial charge is 0.493 e. The lowest BCUT2D eigenvalue weighted by Gasteiger charge is -2.32. The second kappa shape index (κ2) is 6.16. The molecule has 1 aromatic carbocycles. The van der Waals surface area contributed by atoms with Crippen LogP contribution in [0.25, 0.3) is 0 Å². The van der Waals surface area contributed by atoms with Gasteiger partial charge in [0.2, 0.25) is 0 Å². The van der Waals surface area contributed by atoms with Gasteiger partial charge in [0, 0.05) is 13.1 Å². The third-order valence-electron chi connectivity index (χ3n) is 5.83. The number of carbonyl (C=O) groups is 2. The molecule has 1 atom stereocenters. The van der Waals surface area contributed by atoms with Gasteiger partial charge in [-0.2, -0.15) is 0 Å². The van der Waals surface area contributed by atoms with Gasteiger partial charge in [-0.3, -0.25) is 9.69 Å². The Morgan fingerprint density at radius 2 is 1.81 bits per heavy atom. The van der Waals surface area contributed by atoms with E-state index in [1.54, 1.807) is 14.2 Å². The van der Waals surface area contributed by atoms with E-state index in [-0.39, 0.29) is 17.9 Å². The zero-order chi connectivity index (χ0) is 18.5. The molecule has 1 aliphatic carbocycles. The highest BCUT2D eigenvalue weighted by atomic mass is 16.5. The van der Waals surface area contributed by atoms with Gasteiger partial charge in [-0.05, 0) is 55.4 Å². The molecule has 3 amide bonds. The van der Waals surface area contributed by atoms with Gasteiger partial charge >= 0.3 is 6.03 Å². The minimum Gasteiger partial charge on any atom is -0.493 e. The number of imide groups is 1. The summed E-state index contributed by atoms with van der Waals surface area (Å²) in [4.78, 5) is 28.7. The number of ether oxygens (including phenoxy) is 2. The van der Waals surface area contributed by atoms with Crippen molar-refractivity contribution in [2.75, 3.05) is 27.4 Å². The van der Waals surface area contributed by atoms with Crippen molar-refractivity contribution in [2.45, 2.75) is 38.3 Å². The standard InChI is InChI=1S/C19H25N3O4/c1-19(14-4-5-14)17(23)22(18(24)20-19)11-21-7-6-12-8-15(25-2)16(26-3)9-13(12)10-21/h8-9,14H,4-7,10-11H2,1-3H3,(H,20,24)/t19-/m1/s1. The van der Waals surface area contributed by atoms with Gasteiger partial charge in [0.25, 0.3) is 5.91 Å². The predicted octanol–water partition coefficient (Wildman–Crippen LogP) is 1.74. The quantitative estimate of drug-likeness (QED) is 0.811. The molecule has 4 rings (SSSR count). The van der Waals surface area contributed by atoms with Crippen molar-refractivity contribution >= 4 is 11.9 Å². The maximum atomic E-state index is 12.8. The Kier molecular flexibility index (Phi) is 4.06. The van der Waals surface area contributed by atoms with Gasteiger partial charge in [0.1, 0.15) is 5.54 Å². The summed E-state index contributed by atoms with van der Waals surface area (Å²) in [5, 5.41) is 2.91. The first-order valence-corrected chi connectivity index (χ1v) is 9.06. The van der Waals surface area contributed by atoms with Gasteiger partial charge in [-0.25, -0.2) is 9.69 Å². The molecule has 1 N–H and O–H groups in total. The molecule has 140 valence electrons. The Balaban J connectivity index is 1.49. The number of carbonyl (C=O) groups excluding carboxylic acids is 2. The van der Waals surface area contributed by atoms with Crippen molar-refractivity contribution in [3.63, 3.8) is 0 Å². The zero-order valence-electron chi connectivity index (χ0n) is 15.5.